The second-order valence-electron chi connectivity index (χ2n) is 6.39. The smallest absolute Gasteiger partial charge is 0.274 e. The van der Waals surface area contributed by atoms with Crippen molar-refractivity contribution in [1.82, 2.24) is 5.43 Å². The van der Waals surface area contributed by atoms with E-state index in [4.69, 9.17) is 10.00 Å². The third-order valence-corrected chi connectivity index (χ3v) is 4.12. The van der Waals surface area contributed by atoms with Gasteiger partial charge >= 0.3 is 0 Å². The molecule has 0 saturated heterocycles. The highest BCUT2D eigenvalue weighted by Gasteiger charge is 2.12. The van der Waals surface area contributed by atoms with Gasteiger partial charge in [0.25, 0.3) is 11.8 Å². The van der Waals surface area contributed by atoms with Gasteiger partial charge in [0.2, 0.25) is 0 Å². The van der Waals surface area contributed by atoms with Gasteiger partial charge in [-0.15, -0.1) is 0 Å². The number of nitrogens with zero attached hydrogens (tertiary/aromatic N) is 2. The summed E-state index contributed by atoms with van der Waals surface area (Å²) in [7, 11) is 0. The molecule has 0 fully saturated rings. The van der Waals surface area contributed by atoms with Crippen LogP contribution in [0.1, 0.15) is 21.5 Å². The Hall–Kier alpha value is -4.58. The number of para-hydroxylation sites is 1. The molecule has 2 N–H and O–H groups in total. The lowest BCUT2D eigenvalue weighted by Crippen LogP contribution is -2.21. The normalized spacial score (nSPS) is 10.4. The van der Waals surface area contributed by atoms with E-state index in [1.54, 1.807) is 30.3 Å². The second-order valence-corrected chi connectivity index (χ2v) is 6.39. The fourth-order valence-electron chi connectivity index (χ4n) is 2.58. The number of anilines is 1. The number of hydrazone groups is 1. The highest BCUT2D eigenvalue weighted by atomic mass is 19.1. The molecule has 0 aromatic heterocycles. The molecule has 0 spiro atoms. The molecule has 0 aliphatic heterocycles. The van der Waals surface area contributed by atoms with E-state index in [2.05, 4.69) is 15.8 Å². The maximum atomic E-state index is 13.9. The molecule has 3 aromatic carbocycles. The summed E-state index contributed by atoms with van der Waals surface area (Å²) in [6.07, 6.45) is 1.28. The SMILES string of the molecule is N#Cc1ccc(C(=O)N/N=C\c2ccccc2OCC(=O)Nc2ccc(F)cc2)c(F)c1. The molecule has 0 atom stereocenters. The standard InChI is InChI=1S/C23H16F2N4O3/c24-17-6-8-18(9-7-17)28-22(30)14-32-21-4-2-1-3-16(21)13-27-29-23(31)19-10-5-15(12-26)11-20(19)25/h1-11,13H,14H2,(H,28,30)(H,29,31)/b27-13-. The lowest BCUT2D eigenvalue weighted by atomic mass is 10.1. The van der Waals surface area contributed by atoms with Crippen LogP contribution in [0, 0.1) is 23.0 Å². The summed E-state index contributed by atoms with van der Waals surface area (Å²) in [5, 5.41) is 15.1. The first kappa shape index (κ1) is 22.1. The molecule has 3 aromatic rings. The number of amides is 2. The van der Waals surface area contributed by atoms with Crippen LogP contribution < -0.4 is 15.5 Å². The monoisotopic (exact) mass is 434 g/mol. The molecular formula is C23H16F2N4O3. The van der Waals surface area contributed by atoms with Crippen LogP contribution in [0.2, 0.25) is 0 Å². The lowest BCUT2D eigenvalue weighted by molar-refractivity contribution is -0.118. The minimum absolute atomic E-state index is 0.0945. The minimum atomic E-state index is -0.840. The highest BCUT2D eigenvalue weighted by Crippen LogP contribution is 2.16. The summed E-state index contributed by atoms with van der Waals surface area (Å²) < 4.78 is 32.3. The molecule has 0 heterocycles. The van der Waals surface area contributed by atoms with Gasteiger partial charge in [-0.05, 0) is 54.6 Å². The van der Waals surface area contributed by atoms with Gasteiger partial charge in [0.05, 0.1) is 23.4 Å². The molecule has 0 aliphatic rings. The van der Waals surface area contributed by atoms with Gasteiger partial charge in [-0.25, -0.2) is 14.2 Å². The number of nitrogens with one attached hydrogen (secondary N) is 2. The van der Waals surface area contributed by atoms with Crippen LogP contribution in [-0.2, 0) is 4.79 Å². The van der Waals surface area contributed by atoms with E-state index in [9.17, 15) is 18.4 Å². The van der Waals surface area contributed by atoms with Crippen LogP contribution in [0.15, 0.2) is 71.8 Å². The largest absolute Gasteiger partial charge is 0.483 e. The molecule has 3 rings (SSSR count). The van der Waals surface area contributed by atoms with Gasteiger partial charge < -0.3 is 10.1 Å². The minimum Gasteiger partial charge on any atom is -0.483 e. The number of hydrogen-bond acceptors (Lipinski definition) is 5. The van der Waals surface area contributed by atoms with Crippen molar-refractivity contribution in [2.24, 2.45) is 5.10 Å². The van der Waals surface area contributed by atoms with E-state index >= 15 is 0 Å². The predicted octanol–water partition coefficient (Wildman–Crippen LogP) is 3.62. The summed E-state index contributed by atoms with van der Waals surface area (Å²) in [4.78, 5) is 24.1. The van der Waals surface area contributed by atoms with E-state index in [-0.39, 0.29) is 17.7 Å². The Morgan fingerprint density at radius 2 is 1.81 bits per heavy atom. The third kappa shape index (κ3) is 5.96. The van der Waals surface area contributed by atoms with Crippen molar-refractivity contribution in [3.8, 4) is 11.8 Å². The van der Waals surface area contributed by atoms with Gasteiger partial charge in [-0.1, -0.05) is 12.1 Å². The average Bonchev–Trinajstić information content (AvgIpc) is 2.79. The Kier molecular flexibility index (Phi) is 7.22. The molecule has 0 aliphatic carbocycles. The van der Waals surface area contributed by atoms with E-state index in [1.807, 2.05) is 0 Å². The van der Waals surface area contributed by atoms with E-state index < -0.39 is 23.4 Å². The van der Waals surface area contributed by atoms with Crippen LogP contribution in [0.3, 0.4) is 0 Å². The molecule has 160 valence electrons. The quantitative estimate of drug-likeness (QED) is 0.438. The Morgan fingerprint density at radius 1 is 1.06 bits per heavy atom. The van der Waals surface area contributed by atoms with Crippen molar-refractivity contribution in [3.05, 3.63) is 95.1 Å². The topological polar surface area (TPSA) is 104 Å². The van der Waals surface area contributed by atoms with Crippen molar-refractivity contribution >= 4 is 23.7 Å². The number of carbonyl (C=O) groups excluding carboxylic acids is 2. The summed E-state index contributed by atoms with van der Waals surface area (Å²) >= 11 is 0. The van der Waals surface area contributed by atoms with Gasteiger partial charge in [0.1, 0.15) is 17.4 Å². The van der Waals surface area contributed by atoms with Crippen LogP contribution in [0.4, 0.5) is 14.5 Å². The van der Waals surface area contributed by atoms with E-state index in [0.29, 0.717) is 17.0 Å². The zero-order valence-corrected chi connectivity index (χ0v) is 16.5. The van der Waals surface area contributed by atoms with Crippen molar-refractivity contribution in [1.29, 1.82) is 5.26 Å². The number of halogens is 2. The molecule has 2 amide bonds. The predicted molar refractivity (Wildman–Crippen MR) is 113 cm³/mol. The lowest BCUT2D eigenvalue weighted by Gasteiger charge is -2.09. The van der Waals surface area contributed by atoms with Crippen molar-refractivity contribution in [2.45, 2.75) is 0 Å². The molecule has 0 radical (unpaired) electrons. The zero-order chi connectivity index (χ0) is 22.9. The molecule has 0 unspecified atom stereocenters. The first-order chi connectivity index (χ1) is 15.5. The number of benzene rings is 3. The van der Waals surface area contributed by atoms with Gasteiger partial charge in [-0.2, -0.15) is 10.4 Å². The fraction of sp³-hybridized carbons (Fsp3) is 0.0435. The van der Waals surface area contributed by atoms with Crippen LogP contribution >= 0.6 is 0 Å². The van der Waals surface area contributed by atoms with Gasteiger partial charge in [0.15, 0.2) is 6.61 Å². The maximum Gasteiger partial charge on any atom is 0.274 e. The fourth-order valence-corrected chi connectivity index (χ4v) is 2.58. The van der Waals surface area contributed by atoms with E-state index in [1.165, 1.54) is 42.6 Å². The van der Waals surface area contributed by atoms with Crippen LogP contribution in [0.5, 0.6) is 5.75 Å². The number of ether oxygens (including phenoxy) is 1. The molecular weight excluding hydrogens is 418 g/mol. The molecule has 0 saturated carbocycles. The highest BCUT2D eigenvalue weighted by molar-refractivity contribution is 5.95. The number of rotatable bonds is 7. The molecule has 9 heteroatoms. The number of carbonyl (C=O) groups is 2. The van der Waals surface area contributed by atoms with Crippen molar-refractivity contribution in [2.75, 3.05) is 11.9 Å². The Bertz CT molecular complexity index is 1200. The van der Waals surface area contributed by atoms with Crippen molar-refractivity contribution in [3.63, 3.8) is 0 Å². The summed E-state index contributed by atoms with van der Waals surface area (Å²) in [5.74, 6) is -2.17. The van der Waals surface area contributed by atoms with Gasteiger partial charge in [0, 0.05) is 11.3 Å². The summed E-state index contributed by atoms with van der Waals surface area (Å²) in [6, 6.07) is 17.2. The molecule has 32 heavy (non-hydrogen) atoms. The summed E-state index contributed by atoms with van der Waals surface area (Å²) in [6.45, 7) is -0.314. The Labute approximate surface area is 181 Å². The Morgan fingerprint density at radius 3 is 2.53 bits per heavy atom. The van der Waals surface area contributed by atoms with Crippen LogP contribution in [0.25, 0.3) is 0 Å². The average molecular weight is 434 g/mol. The van der Waals surface area contributed by atoms with Gasteiger partial charge in [-0.3, -0.25) is 9.59 Å². The second kappa shape index (κ2) is 10.4. The zero-order valence-electron chi connectivity index (χ0n) is 16.5. The summed E-state index contributed by atoms with van der Waals surface area (Å²) in [5.41, 5.74) is 2.92. The number of hydrogen-bond donors (Lipinski definition) is 2. The van der Waals surface area contributed by atoms with Crippen molar-refractivity contribution < 1.29 is 23.1 Å². The number of nitriles is 1. The maximum absolute atomic E-state index is 13.9. The van der Waals surface area contributed by atoms with E-state index in [0.717, 1.165) is 6.07 Å². The first-order valence-corrected chi connectivity index (χ1v) is 9.26. The Balaban J connectivity index is 1.59. The first-order valence-electron chi connectivity index (χ1n) is 9.26. The molecule has 0 bridgehead atoms. The third-order valence-electron chi connectivity index (χ3n) is 4.12. The molecule has 7 nitrogen and oxygen atoms in total. The van der Waals surface area contributed by atoms with Crippen LogP contribution in [-0.4, -0.2) is 24.6 Å².